The van der Waals surface area contributed by atoms with Crippen molar-refractivity contribution in [2.75, 3.05) is 0 Å². The highest BCUT2D eigenvalue weighted by molar-refractivity contribution is 6.10. The molecule has 1 aromatic carbocycles. The summed E-state index contributed by atoms with van der Waals surface area (Å²) >= 11 is 0. The minimum absolute atomic E-state index is 0.241. The van der Waals surface area contributed by atoms with E-state index in [1.54, 1.807) is 31.5 Å². The number of carbonyl (C=O) groups is 2. The molecule has 3 rings (SSSR count). The van der Waals surface area contributed by atoms with E-state index in [0.29, 0.717) is 11.1 Å². The van der Waals surface area contributed by atoms with Gasteiger partial charge in [-0.3, -0.25) is 9.78 Å². The van der Waals surface area contributed by atoms with E-state index in [4.69, 9.17) is 4.74 Å². The molecule has 0 saturated carbocycles. The Morgan fingerprint density at radius 2 is 2.00 bits per heavy atom. The number of aromatic nitrogens is 2. The summed E-state index contributed by atoms with van der Waals surface area (Å²) in [6.45, 7) is 1.57. The second kappa shape index (κ2) is 5.81. The third kappa shape index (κ3) is 2.61. The topological polar surface area (TPSA) is 72.0 Å². The number of hydrogen-bond donors (Lipinski definition) is 1. The lowest BCUT2D eigenvalue weighted by Gasteiger charge is -2.11. The molecular formula is C17H14N2O3. The van der Waals surface area contributed by atoms with Crippen LogP contribution in [0.1, 0.15) is 27.6 Å². The lowest BCUT2D eigenvalue weighted by Crippen LogP contribution is -2.24. The van der Waals surface area contributed by atoms with E-state index in [0.717, 1.165) is 10.9 Å². The number of esters is 1. The van der Waals surface area contributed by atoms with Gasteiger partial charge in [0, 0.05) is 35.1 Å². The van der Waals surface area contributed by atoms with Crippen LogP contribution in [0.2, 0.25) is 0 Å². The first-order valence-corrected chi connectivity index (χ1v) is 6.88. The number of benzene rings is 1. The molecule has 0 aliphatic rings. The number of pyridine rings is 1. The van der Waals surface area contributed by atoms with E-state index in [2.05, 4.69) is 9.97 Å². The smallest absolute Gasteiger partial charge is 0.340 e. The van der Waals surface area contributed by atoms with Crippen LogP contribution < -0.4 is 0 Å². The second-order valence-electron chi connectivity index (χ2n) is 4.90. The molecular weight excluding hydrogens is 280 g/mol. The van der Waals surface area contributed by atoms with Crippen molar-refractivity contribution < 1.29 is 14.3 Å². The number of hydrogen-bond acceptors (Lipinski definition) is 4. The summed E-state index contributed by atoms with van der Waals surface area (Å²) in [4.78, 5) is 31.3. The Kier molecular flexibility index (Phi) is 3.70. The van der Waals surface area contributed by atoms with Gasteiger partial charge in [-0.25, -0.2) is 4.79 Å². The predicted octanol–water partition coefficient (Wildman–Crippen LogP) is 2.99. The van der Waals surface area contributed by atoms with Crippen molar-refractivity contribution in [3.05, 3.63) is 66.1 Å². The second-order valence-corrected chi connectivity index (χ2v) is 4.90. The van der Waals surface area contributed by atoms with Crippen molar-refractivity contribution >= 4 is 22.7 Å². The van der Waals surface area contributed by atoms with Crippen molar-refractivity contribution in [1.82, 2.24) is 9.97 Å². The summed E-state index contributed by atoms with van der Waals surface area (Å²) in [6.07, 6.45) is 3.75. The Hall–Kier alpha value is -2.95. The molecule has 2 aromatic heterocycles. The average Bonchev–Trinajstić information content (AvgIpc) is 2.99. The maximum atomic E-state index is 12.5. The first-order chi connectivity index (χ1) is 10.7. The van der Waals surface area contributed by atoms with Gasteiger partial charge < -0.3 is 9.72 Å². The van der Waals surface area contributed by atoms with E-state index in [1.165, 1.54) is 6.20 Å². The molecule has 0 fully saturated rings. The number of nitrogens with one attached hydrogen (secondary N) is 1. The number of rotatable bonds is 4. The number of Topliss-reactive ketones (excluding diaryl/α,β-unsaturated/α-hetero) is 1. The van der Waals surface area contributed by atoms with Crippen LogP contribution in [-0.2, 0) is 4.74 Å². The first-order valence-electron chi connectivity index (χ1n) is 6.88. The van der Waals surface area contributed by atoms with Gasteiger partial charge in [0.25, 0.3) is 0 Å². The van der Waals surface area contributed by atoms with Gasteiger partial charge in [-0.05, 0) is 25.1 Å². The molecule has 3 aromatic rings. The Morgan fingerprint density at radius 1 is 1.18 bits per heavy atom. The zero-order chi connectivity index (χ0) is 15.5. The minimum Gasteiger partial charge on any atom is -0.451 e. The zero-order valence-electron chi connectivity index (χ0n) is 11.9. The summed E-state index contributed by atoms with van der Waals surface area (Å²) in [5, 5.41) is 0.816. The van der Waals surface area contributed by atoms with Crippen LogP contribution in [0.3, 0.4) is 0 Å². The number of ether oxygens (including phenoxy) is 1. The Morgan fingerprint density at radius 3 is 2.77 bits per heavy atom. The molecule has 1 N–H and O–H groups in total. The fourth-order valence-electron chi connectivity index (χ4n) is 2.26. The number of nitrogens with zero attached hydrogens (tertiary/aromatic N) is 1. The third-order valence-corrected chi connectivity index (χ3v) is 3.40. The molecule has 5 nitrogen and oxygen atoms in total. The molecule has 110 valence electrons. The van der Waals surface area contributed by atoms with Gasteiger partial charge in [0.05, 0.1) is 5.56 Å². The number of fused-ring (bicyclic) bond motifs is 1. The molecule has 0 amide bonds. The van der Waals surface area contributed by atoms with E-state index in [-0.39, 0.29) is 5.78 Å². The highest BCUT2D eigenvalue weighted by Crippen LogP contribution is 2.20. The molecule has 0 aliphatic heterocycles. The third-order valence-electron chi connectivity index (χ3n) is 3.40. The first kappa shape index (κ1) is 14.0. The van der Waals surface area contributed by atoms with Crippen LogP contribution in [0.15, 0.2) is 55.0 Å². The van der Waals surface area contributed by atoms with Gasteiger partial charge >= 0.3 is 5.97 Å². The van der Waals surface area contributed by atoms with Gasteiger partial charge in [0.1, 0.15) is 0 Å². The maximum Gasteiger partial charge on any atom is 0.340 e. The molecule has 2 heterocycles. The molecule has 0 saturated heterocycles. The van der Waals surface area contributed by atoms with Gasteiger partial charge in [-0.15, -0.1) is 0 Å². The minimum atomic E-state index is -0.869. The molecule has 0 aliphatic carbocycles. The molecule has 5 heteroatoms. The van der Waals surface area contributed by atoms with Gasteiger partial charge in [-0.2, -0.15) is 0 Å². The largest absolute Gasteiger partial charge is 0.451 e. The van der Waals surface area contributed by atoms with Gasteiger partial charge in [-0.1, -0.05) is 18.2 Å². The summed E-state index contributed by atoms with van der Waals surface area (Å²) in [5.41, 5.74) is 1.71. The number of H-pyrrole nitrogens is 1. The number of ketones is 1. The van der Waals surface area contributed by atoms with Gasteiger partial charge in [0.2, 0.25) is 5.78 Å². The van der Waals surface area contributed by atoms with E-state index in [9.17, 15) is 9.59 Å². The molecule has 22 heavy (non-hydrogen) atoms. The Balaban J connectivity index is 1.79. The van der Waals surface area contributed by atoms with Crippen molar-refractivity contribution in [3.63, 3.8) is 0 Å². The summed E-state index contributed by atoms with van der Waals surface area (Å²) < 4.78 is 5.23. The molecule has 0 spiro atoms. The fraction of sp³-hybridized carbons (Fsp3) is 0.118. The monoisotopic (exact) mass is 294 g/mol. The zero-order valence-corrected chi connectivity index (χ0v) is 11.9. The molecule has 0 radical (unpaired) electrons. The highest BCUT2D eigenvalue weighted by atomic mass is 16.5. The maximum absolute atomic E-state index is 12.5. The number of para-hydroxylation sites is 1. The number of carbonyl (C=O) groups excluding carboxylic acids is 2. The highest BCUT2D eigenvalue weighted by Gasteiger charge is 2.22. The molecule has 0 bridgehead atoms. The molecule has 1 atom stereocenters. The lowest BCUT2D eigenvalue weighted by molar-refractivity contribution is 0.0319. The SMILES string of the molecule is C[C@@H](OC(=O)c1cccnc1)C(=O)c1c[nH]c2ccccc12. The van der Waals surface area contributed by atoms with E-state index < -0.39 is 12.1 Å². The Labute approximate surface area is 126 Å². The van der Waals surface area contributed by atoms with Crippen LogP contribution in [-0.4, -0.2) is 27.8 Å². The van der Waals surface area contributed by atoms with Crippen molar-refractivity contribution in [3.8, 4) is 0 Å². The average molecular weight is 294 g/mol. The Bertz CT molecular complexity index is 824. The standard InChI is InChI=1S/C17H14N2O3/c1-11(22-17(21)12-5-4-8-18-9-12)16(20)14-10-19-15-7-3-2-6-13(14)15/h2-11,19H,1H3/t11-/m1/s1. The van der Waals surface area contributed by atoms with E-state index >= 15 is 0 Å². The van der Waals surface area contributed by atoms with Crippen LogP contribution in [0.25, 0.3) is 10.9 Å². The fourth-order valence-corrected chi connectivity index (χ4v) is 2.26. The number of aromatic amines is 1. The van der Waals surface area contributed by atoms with Crippen LogP contribution >= 0.6 is 0 Å². The lowest BCUT2D eigenvalue weighted by atomic mass is 10.1. The van der Waals surface area contributed by atoms with Crippen LogP contribution in [0, 0.1) is 0 Å². The summed E-state index contributed by atoms with van der Waals surface area (Å²) in [7, 11) is 0. The summed E-state index contributed by atoms with van der Waals surface area (Å²) in [5.74, 6) is -0.802. The van der Waals surface area contributed by atoms with Crippen molar-refractivity contribution in [2.45, 2.75) is 13.0 Å². The summed E-state index contributed by atoms with van der Waals surface area (Å²) in [6, 6.07) is 10.7. The quantitative estimate of drug-likeness (QED) is 0.593. The van der Waals surface area contributed by atoms with Crippen LogP contribution in [0.4, 0.5) is 0 Å². The van der Waals surface area contributed by atoms with E-state index in [1.807, 2.05) is 24.3 Å². The van der Waals surface area contributed by atoms with Crippen LogP contribution in [0.5, 0.6) is 0 Å². The normalized spacial score (nSPS) is 12.0. The predicted molar refractivity (Wildman–Crippen MR) is 81.7 cm³/mol. The molecule has 0 unspecified atom stereocenters. The van der Waals surface area contributed by atoms with Gasteiger partial charge in [0.15, 0.2) is 6.10 Å². The van der Waals surface area contributed by atoms with Crippen molar-refractivity contribution in [1.29, 1.82) is 0 Å². The van der Waals surface area contributed by atoms with Crippen molar-refractivity contribution in [2.24, 2.45) is 0 Å².